The third-order valence-electron chi connectivity index (χ3n) is 3.44. The molecule has 1 aromatic carbocycles. The van der Waals surface area contributed by atoms with E-state index in [4.69, 9.17) is 5.11 Å². The lowest BCUT2D eigenvalue weighted by atomic mass is 9.97. The van der Waals surface area contributed by atoms with Gasteiger partial charge in [0.2, 0.25) is 0 Å². The normalized spacial score (nSPS) is 11.7. The van der Waals surface area contributed by atoms with E-state index in [1.165, 1.54) is 5.56 Å². The van der Waals surface area contributed by atoms with Crippen LogP contribution in [-0.4, -0.2) is 23.7 Å². The standard InChI is InChI=1S/C15H23NO2/c1-11(2)12-6-8-13(9-7-12)16(5)15(3,4)10-14(17)18/h6-9,11H,10H2,1-5H3,(H,17,18). The molecule has 0 bridgehead atoms. The first-order chi connectivity index (χ1) is 8.24. The van der Waals surface area contributed by atoms with Crippen LogP contribution in [0.1, 0.15) is 45.6 Å². The molecule has 0 atom stereocenters. The summed E-state index contributed by atoms with van der Waals surface area (Å²) >= 11 is 0. The largest absolute Gasteiger partial charge is 0.481 e. The molecule has 18 heavy (non-hydrogen) atoms. The molecule has 0 aliphatic rings. The van der Waals surface area contributed by atoms with E-state index in [0.29, 0.717) is 5.92 Å². The number of carbonyl (C=O) groups is 1. The quantitative estimate of drug-likeness (QED) is 0.868. The highest BCUT2D eigenvalue weighted by Crippen LogP contribution is 2.26. The van der Waals surface area contributed by atoms with Crippen LogP contribution in [0.15, 0.2) is 24.3 Å². The number of carboxylic acids is 1. The van der Waals surface area contributed by atoms with Gasteiger partial charge in [-0.25, -0.2) is 0 Å². The monoisotopic (exact) mass is 249 g/mol. The summed E-state index contributed by atoms with van der Waals surface area (Å²) in [5.74, 6) is -0.262. The number of aliphatic carboxylic acids is 1. The SMILES string of the molecule is CC(C)c1ccc(N(C)C(C)(C)CC(=O)O)cc1. The van der Waals surface area contributed by atoms with Gasteiger partial charge in [0.15, 0.2) is 0 Å². The Morgan fingerprint density at radius 1 is 1.28 bits per heavy atom. The van der Waals surface area contributed by atoms with Gasteiger partial charge >= 0.3 is 5.97 Å². The fourth-order valence-electron chi connectivity index (χ4n) is 1.92. The van der Waals surface area contributed by atoms with Crippen molar-refractivity contribution >= 4 is 11.7 Å². The minimum atomic E-state index is -0.773. The predicted molar refractivity (Wildman–Crippen MR) is 75.3 cm³/mol. The zero-order chi connectivity index (χ0) is 13.9. The van der Waals surface area contributed by atoms with Gasteiger partial charge in [0, 0.05) is 18.3 Å². The molecular weight excluding hydrogens is 226 g/mol. The Labute approximate surface area is 109 Å². The van der Waals surface area contributed by atoms with Crippen molar-refractivity contribution in [3.8, 4) is 0 Å². The first-order valence-electron chi connectivity index (χ1n) is 6.29. The number of hydrogen-bond donors (Lipinski definition) is 1. The highest BCUT2D eigenvalue weighted by molar-refractivity contribution is 5.69. The molecule has 3 heteroatoms. The molecule has 0 saturated carbocycles. The zero-order valence-corrected chi connectivity index (χ0v) is 11.9. The van der Waals surface area contributed by atoms with E-state index in [0.717, 1.165) is 5.69 Å². The Morgan fingerprint density at radius 2 is 1.78 bits per heavy atom. The third-order valence-corrected chi connectivity index (χ3v) is 3.44. The van der Waals surface area contributed by atoms with E-state index in [9.17, 15) is 4.79 Å². The average molecular weight is 249 g/mol. The van der Waals surface area contributed by atoms with Crippen molar-refractivity contribution < 1.29 is 9.90 Å². The van der Waals surface area contributed by atoms with Crippen LogP contribution in [-0.2, 0) is 4.79 Å². The molecule has 0 fully saturated rings. The van der Waals surface area contributed by atoms with Crippen molar-refractivity contribution in [1.82, 2.24) is 0 Å². The van der Waals surface area contributed by atoms with Crippen molar-refractivity contribution in [2.24, 2.45) is 0 Å². The lowest BCUT2D eigenvalue weighted by Gasteiger charge is -2.36. The van der Waals surface area contributed by atoms with Crippen LogP contribution in [0.2, 0.25) is 0 Å². The second kappa shape index (κ2) is 5.42. The Bertz CT molecular complexity index is 407. The maximum atomic E-state index is 10.9. The third kappa shape index (κ3) is 3.49. The number of hydrogen-bond acceptors (Lipinski definition) is 2. The topological polar surface area (TPSA) is 40.5 Å². The molecule has 1 rings (SSSR count). The molecule has 0 radical (unpaired) electrons. The number of rotatable bonds is 5. The second-order valence-electron chi connectivity index (χ2n) is 5.69. The van der Waals surface area contributed by atoms with Crippen LogP contribution in [0.5, 0.6) is 0 Å². The molecule has 0 unspecified atom stereocenters. The van der Waals surface area contributed by atoms with Crippen LogP contribution >= 0.6 is 0 Å². The van der Waals surface area contributed by atoms with Gasteiger partial charge in [0.05, 0.1) is 6.42 Å². The summed E-state index contributed by atoms with van der Waals surface area (Å²) in [4.78, 5) is 12.9. The number of benzene rings is 1. The summed E-state index contributed by atoms with van der Waals surface area (Å²) in [7, 11) is 1.94. The molecule has 0 aromatic heterocycles. The van der Waals surface area contributed by atoms with E-state index in [-0.39, 0.29) is 6.42 Å². The summed E-state index contributed by atoms with van der Waals surface area (Å²) in [5.41, 5.74) is 1.94. The molecule has 0 aliphatic carbocycles. The maximum absolute atomic E-state index is 10.9. The highest BCUT2D eigenvalue weighted by atomic mass is 16.4. The van der Waals surface area contributed by atoms with E-state index >= 15 is 0 Å². The van der Waals surface area contributed by atoms with Gasteiger partial charge in [-0.05, 0) is 37.5 Å². The highest BCUT2D eigenvalue weighted by Gasteiger charge is 2.26. The fourth-order valence-corrected chi connectivity index (χ4v) is 1.92. The Hall–Kier alpha value is -1.51. The fraction of sp³-hybridized carbons (Fsp3) is 0.533. The number of anilines is 1. The Morgan fingerprint density at radius 3 is 2.17 bits per heavy atom. The Kier molecular flexibility index (Phi) is 4.38. The summed E-state index contributed by atoms with van der Waals surface area (Å²) in [5, 5.41) is 8.94. The first kappa shape index (κ1) is 14.6. The average Bonchev–Trinajstić information content (AvgIpc) is 2.26. The predicted octanol–water partition coefficient (Wildman–Crippen LogP) is 3.50. The van der Waals surface area contributed by atoms with Gasteiger partial charge in [-0.3, -0.25) is 4.79 Å². The maximum Gasteiger partial charge on any atom is 0.305 e. The van der Waals surface area contributed by atoms with Crippen molar-refractivity contribution in [1.29, 1.82) is 0 Å². The molecule has 0 aliphatic heterocycles. The summed E-state index contributed by atoms with van der Waals surface area (Å²) in [6.45, 7) is 8.20. The van der Waals surface area contributed by atoms with Gasteiger partial charge in [0.1, 0.15) is 0 Å². The van der Waals surface area contributed by atoms with Crippen molar-refractivity contribution in [3.05, 3.63) is 29.8 Å². The van der Waals surface area contributed by atoms with Crippen LogP contribution < -0.4 is 4.90 Å². The van der Waals surface area contributed by atoms with E-state index < -0.39 is 11.5 Å². The lowest BCUT2D eigenvalue weighted by molar-refractivity contribution is -0.138. The molecular formula is C15H23NO2. The molecule has 0 spiro atoms. The van der Waals surface area contributed by atoms with Gasteiger partial charge in [0.25, 0.3) is 0 Å². The van der Waals surface area contributed by atoms with Crippen LogP contribution in [0.3, 0.4) is 0 Å². The van der Waals surface area contributed by atoms with E-state index in [1.54, 1.807) is 0 Å². The van der Waals surface area contributed by atoms with Crippen LogP contribution in [0.4, 0.5) is 5.69 Å². The molecule has 100 valence electrons. The molecule has 1 N–H and O–H groups in total. The van der Waals surface area contributed by atoms with Gasteiger partial charge in [-0.1, -0.05) is 26.0 Å². The molecule has 1 aromatic rings. The van der Waals surface area contributed by atoms with E-state index in [2.05, 4.69) is 38.1 Å². The van der Waals surface area contributed by atoms with Crippen molar-refractivity contribution in [3.63, 3.8) is 0 Å². The lowest BCUT2D eigenvalue weighted by Crippen LogP contribution is -2.43. The number of nitrogens with zero attached hydrogens (tertiary/aromatic N) is 1. The summed E-state index contributed by atoms with van der Waals surface area (Å²) in [6, 6.07) is 8.32. The van der Waals surface area contributed by atoms with Crippen molar-refractivity contribution in [2.45, 2.75) is 45.6 Å². The molecule has 3 nitrogen and oxygen atoms in total. The first-order valence-corrected chi connectivity index (χ1v) is 6.29. The second-order valence-corrected chi connectivity index (χ2v) is 5.69. The zero-order valence-electron chi connectivity index (χ0n) is 11.9. The van der Waals surface area contributed by atoms with Gasteiger partial charge in [-0.15, -0.1) is 0 Å². The van der Waals surface area contributed by atoms with Crippen molar-refractivity contribution in [2.75, 3.05) is 11.9 Å². The Balaban J connectivity index is 2.89. The minimum absolute atomic E-state index is 0.120. The van der Waals surface area contributed by atoms with Gasteiger partial charge in [-0.2, -0.15) is 0 Å². The number of carboxylic acid groups (broad SMARTS) is 1. The molecule has 0 amide bonds. The molecule has 0 heterocycles. The van der Waals surface area contributed by atoms with Crippen LogP contribution in [0, 0.1) is 0 Å². The van der Waals surface area contributed by atoms with E-state index in [1.807, 2.05) is 25.8 Å². The summed E-state index contributed by atoms with van der Waals surface area (Å²) in [6.07, 6.45) is 0.120. The van der Waals surface area contributed by atoms with Crippen LogP contribution in [0.25, 0.3) is 0 Å². The minimum Gasteiger partial charge on any atom is -0.481 e. The van der Waals surface area contributed by atoms with Gasteiger partial charge < -0.3 is 10.0 Å². The molecule has 0 saturated heterocycles. The smallest absolute Gasteiger partial charge is 0.305 e. The summed E-state index contributed by atoms with van der Waals surface area (Å²) < 4.78 is 0.